The number of hydrogen-bond acceptors (Lipinski definition) is 4. The van der Waals surface area contributed by atoms with Crippen LogP contribution in [-0.4, -0.2) is 42.6 Å². The molecular weight excluding hydrogens is 282 g/mol. The second-order valence-corrected chi connectivity index (χ2v) is 4.65. The van der Waals surface area contributed by atoms with Gasteiger partial charge in [0, 0.05) is 26.3 Å². The van der Waals surface area contributed by atoms with Gasteiger partial charge in [-0.1, -0.05) is 18.2 Å². The van der Waals surface area contributed by atoms with E-state index in [9.17, 15) is 4.79 Å². The second kappa shape index (κ2) is 8.19. The minimum atomic E-state index is -0.216. The Balaban J connectivity index is 2.14. The van der Waals surface area contributed by atoms with E-state index in [2.05, 4.69) is 10.4 Å². The standard InChI is InChI=1S/C16H21N3O3/c1-3-22-15-12-14(16(20)17-10-7-11-21-2)18-19(15)13-8-5-4-6-9-13/h4-6,8-9,12H,3,7,10-11H2,1-2H3,(H,17,20). The zero-order chi connectivity index (χ0) is 15.8. The highest BCUT2D eigenvalue weighted by Crippen LogP contribution is 2.19. The van der Waals surface area contributed by atoms with Crippen molar-refractivity contribution < 1.29 is 14.3 Å². The molecule has 0 saturated heterocycles. The molecule has 0 bridgehead atoms. The lowest BCUT2D eigenvalue weighted by atomic mass is 10.3. The lowest BCUT2D eigenvalue weighted by Crippen LogP contribution is -2.25. The summed E-state index contributed by atoms with van der Waals surface area (Å²) in [5.41, 5.74) is 1.19. The Hall–Kier alpha value is -2.34. The number of carbonyl (C=O) groups excluding carboxylic acids is 1. The average Bonchev–Trinajstić information content (AvgIpc) is 2.97. The second-order valence-electron chi connectivity index (χ2n) is 4.65. The van der Waals surface area contributed by atoms with Crippen molar-refractivity contribution in [2.75, 3.05) is 26.9 Å². The first-order valence-corrected chi connectivity index (χ1v) is 7.31. The van der Waals surface area contributed by atoms with E-state index in [0.717, 1.165) is 12.1 Å². The Kier molecular flexibility index (Phi) is 5.97. The minimum absolute atomic E-state index is 0.216. The van der Waals surface area contributed by atoms with Gasteiger partial charge in [-0.15, -0.1) is 0 Å². The molecule has 0 spiro atoms. The summed E-state index contributed by atoms with van der Waals surface area (Å²) < 4.78 is 12.1. The number of carbonyl (C=O) groups is 1. The van der Waals surface area contributed by atoms with Crippen LogP contribution in [0.3, 0.4) is 0 Å². The summed E-state index contributed by atoms with van der Waals surface area (Å²) in [6.07, 6.45) is 0.764. The highest BCUT2D eigenvalue weighted by atomic mass is 16.5. The maximum Gasteiger partial charge on any atom is 0.271 e. The van der Waals surface area contributed by atoms with Gasteiger partial charge in [0.15, 0.2) is 5.69 Å². The number of hydrogen-bond donors (Lipinski definition) is 1. The predicted molar refractivity (Wildman–Crippen MR) is 83.6 cm³/mol. The van der Waals surface area contributed by atoms with E-state index in [1.54, 1.807) is 17.9 Å². The number of ether oxygens (including phenoxy) is 2. The van der Waals surface area contributed by atoms with Gasteiger partial charge in [0.05, 0.1) is 12.3 Å². The fourth-order valence-corrected chi connectivity index (χ4v) is 1.99. The summed E-state index contributed by atoms with van der Waals surface area (Å²) in [7, 11) is 1.64. The van der Waals surface area contributed by atoms with Gasteiger partial charge in [-0.2, -0.15) is 5.10 Å². The van der Waals surface area contributed by atoms with Gasteiger partial charge in [-0.05, 0) is 25.5 Å². The SMILES string of the molecule is CCOc1cc(C(=O)NCCCOC)nn1-c1ccccc1. The van der Waals surface area contributed by atoms with Gasteiger partial charge >= 0.3 is 0 Å². The van der Waals surface area contributed by atoms with E-state index in [1.807, 2.05) is 37.3 Å². The fraction of sp³-hybridized carbons (Fsp3) is 0.375. The summed E-state index contributed by atoms with van der Waals surface area (Å²) in [5.74, 6) is 0.336. The molecule has 6 nitrogen and oxygen atoms in total. The van der Waals surface area contributed by atoms with E-state index in [4.69, 9.17) is 9.47 Å². The third-order valence-corrected chi connectivity index (χ3v) is 3.01. The summed E-state index contributed by atoms with van der Waals surface area (Å²) in [4.78, 5) is 12.1. The first kappa shape index (κ1) is 16.0. The zero-order valence-electron chi connectivity index (χ0n) is 12.9. The molecule has 2 aromatic rings. The molecule has 118 valence electrons. The lowest BCUT2D eigenvalue weighted by Gasteiger charge is -2.06. The number of aromatic nitrogens is 2. The molecule has 0 saturated carbocycles. The molecule has 22 heavy (non-hydrogen) atoms. The number of methoxy groups -OCH3 is 1. The van der Waals surface area contributed by atoms with Crippen molar-refractivity contribution in [1.29, 1.82) is 0 Å². The molecule has 1 N–H and O–H groups in total. The maximum atomic E-state index is 12.1. The van der Waals surface area contributed by atoms with Crippen LogP contribution >= 0.6 is 0 Å². The average molecular weight is 303 g/mol. The van der Waals surface area contributed by atoms with Gasteiger partial charge in [-0.25, -0.2) is 4.68 Å². The molecule has 0 unspecified atom stereocenters. The van der Waals surface area contributed by atoms with Gasteiger partial charge in [0.1, 0.15) is 0 Å². The summed E-state index contributed by atoms with van der Waals surface area (Å²) in [6.45, 7) is 3.57. The molecule has 0 radical (unpaired) electrons. The van der Waals surface area contributed by atoms with Gasteiger partial charge < -0.3 is 14.8 Å². The van der Waals surface area contributed by atoms with Crippen molar-refractivity contribution in [1.82, 2.24) is 15.1 Å². The first-order chi connectivity index (χ1) is 10.8. The third-order valence-electron chi connectivity index (χ3n) is 3.01. The Labute approximate surface area is 130 Å². The van der Waals surface area contributed by atoms with E-state index >= 15 is 0 Å². The van der Waals surface area contributed by atoms with Crippen molar-refractivity contribution in [3.8, 4) is 11.6 Å². The predicted octanol–water partition coefficient (Wildman–Crippen LogP) is 2.04. The number of para-hydroxylation sites is 1. The number of amides is 1. The monoisotopic (exact) mass is 303 g/mol. The first-order valence-electron chi connectivity index (χ1n) is 7.31. The third kappa shape index (κ3) is 4.08. The zero-order valence-corrected chi connectivity index (χ0v) is 12.9. The van der Waals surface area contributed by atoms with Crippen molar-refractivity contribution >= 4 is 5.91 Å². The molecule has 0 fully saturated rings. The molecule has 1 aromatic heterocycles. The number of benzene rings is 1. The summed E-state index contributed by atoms with van der Waals surface area (Å²) in [6, 6.07) is 11.2. The van der Waals surface area contributed by atoms with Crippen molar-refractivity contribution in [2.45, 2.75) is 13.3 Å². The highest BCUT2D eigenvalue weighted by molar-refractivity contribution is 5.92. The Bertz CT molecular complexity index is 596. The number of nitrogens with one attached hydrogen (secondary N) is 1. The molecule has 0 atom stereocenters. The van der Waals surface area contributed by atoms with Crippen LogP contribution in [0.2, 0.25) is 0 Å². The van der Waals surface area contributed by atoms with Crippen LogP contribution in [0.4, 0.5) is 0 Å². The van der Waals surface area contributed by atoms with Gasteiger partial charge in [0.2, 0.25) is 5.88 Å². The molecule has 0 aliphatic rings. The molecule has 0 aliphatic heterocycles. The molecular formula is C16H21N3O3. The van der Waals surface area contributed by atoms with E-state index in [-0.39, 0.29) is 5.91 Å². The topological polar surface area (TPSA) is 65.4 Å². The van der Waals surface area contributed by atoms with Crippen LogP contribution in [0.15, 0.2) is 36.4 Å². The quantitative estimate of drug-likeness (QED) is 0.758. The largest absolute Gasteiger partial charge is 0.478 e. The van der Waals surface area contributed by atoms with Crippen LogP contribution in [0.5, 0.6) is 5.88 Å². The van der Waals surface area contributed by atoms with E-state index in [1.165, 1.54) is 0 Å². The lowest BCUT2D eigenvalue weighted by molar-refractivity contribution is 0.0943. The highest BCUT2D eigenvalue weighted by Gasteiger charge is 2.15. The summed E-state index contributed by atoms with van der Waals surface area (Å²) in [5, 5.41) is 7.16. The molecule has 1 heterocycles. The number of nitrogens with zero attached hydrogens (tertiary/aromatic N) is 2. The van der Waals surface area contributed by atoms with Crippen LogP contribution < -0.4 is 10.1 Å². The van der Waals surface area contributed by atoms with Crippen molar-refractivity contribution in [3.63, 3.8) is 0 Å². The van der Waals surface area contributed by atoms with E-state index < -0.39 is 0 Å². The van der Waals surface area contributed by atoms with Gasteiger partial charge in [-0.3, -0.25) is 4.79 Å². The van der Waals surface area contributed by atoms with Crippen molar-refractivity contribution in [2.24, 2.45) is 0 Å². The van der Waals surface area contributed by atoms with E-state index in [0.29, 0.717) is 31.3 Å². The minimum Gasteiger partial charge on any atom is -0.478 e. The Morgan fingerprint density at radius 1 is 1.32 bits per heavy atom. The maximum absolute atomic E-state index is 12.1. The van der Waals surface area contributed by atoms with Crippen LogP contribution in [-0.2, 0) is 4.74 Å². The van der Waals surface area contributed by atoms with Crippen LogP contribution in [0, 0.1) is 0 Å². The Morgan fingerprint density at radius 3 is 2.77 bits per heavy atom. The van der Waals surface area contributed by atoms with Crippen LogP contribution in [0.25, 0.3) is 5.69 Å². The number of rotatable bonds is 8. The molecule has 1 aromatic carbocycles. The molecule has 2 rings (SSSR count). The normalized spacial score (nSPS) is 10.5. The smallest absolute Gasteiger partial charge is 0.271 e. The van der Waals surface area contributed by atoms with Crippen LogP contribution in [0.1, 0.15) is 23.8 Å². The fourth-order valence-electron chi connectivity index (χ4n) is 1.99. The Morgan fingerprint density at radius 2 is 2.09 bits per heavy atom. The van der Waals surface area contributed by atoms with Gasteiger partial charge in [0.25, 0.3) is 5.91 Å². The molecule has 6 heteroatoms. The molecule has 1 amide bonds. The van der Waals surface area contributed by atoms with Crippen molar-refractivity contribution in [3.05, 3.63) is 42.1 Å². The molecule has 0 aliphatic carbocycles. The summed E-state index contributed by atoms with van der Waals surface area (Å²) >= 11 is 0.